The second-order valence-electron chi connectivity index (χ2n) is 5.92. The summed E-state index contributed by atoms with van der Waals surface area (Å²) in [6.45, 7) is 9.47. The fraction of sp³-hybridized carbons (Fsp3) is 0.647. The number of carbonyl (C=O) groups excluding carboxylic acids is 1. The molecule has 1 rings (SSSR count). The van der Waals surface area contributed by atoms with Crippen LogP contribution in [0, 0.1) is 5.92 Å². The summed E-state index contributed by atoms with van der Waals surface area (Å²) in [4.78, 5) is 16.6. The van der Waals surface area contributed by atoms with E-state index < -0.39 is 5.60 Å². The Morgan fingerprint density at radius 3 is 2.61 bits per heavy atom. The molecule has 0 unspecified atom stereocenters. The molecule has 1 aromatic heterocycles. The Kier molecular flexibility index (Phi) is 7.98. The molecule has 0 radical (unpaired) electrons. The molecule has 1 atom stereocenters. The van der Waals surface area contributed by atoms with Crippen molar-refractivity contribution in [3.8, 4) is 5.88 Å². The third kappa shape index (κ3) is 6.54. The van der Waals surface area contributed by atoms with Crippen molar-refractivity contribution in [1.29, 1.82) is 0 Å². The van der Waals surface area contributed by atoms with Gasteiger partial charge in [-0.15, -0.1) is 0 Å². The third-order valence-corrected chi connectivity index (χ3v) is 3.40. The van der Waals surface area contributed by atoms with Crippen LogP contribution in [-0.4, -0.2) is 43.4 Å². The quantitative estimate of drug-likeness (QED) is 0.670. The maximum atomic E-state index is 12.4. The zero-order valence-corrected chi connectivity index (χ0v) is 14.7. The summed E-state index contributed by atoms with van der Waals surface area (Å²) in [5, 5.41) is 2.84. The van der Waals surface area contributed by atoms with E-state index in [1.54, 1.807) is 32.4 Å². The van der Waals surface area contributed by atoms with E-state index in [0.717, 1.165) is 0 Å². The summed E-state index contributed by atoms with van der Waals surface area (Å²) in [6.07, 6.45) is 2.21. The molecule has 0 spiro atoms. The average molecular weight is 324 g/mol. The number of aromatic nitrogens is 1. The number of amides is 1. The predicted molar refractivity (Wildman–Crippen MR) is 89.7 cm³/mol. The second kappa shape index (κ2) is 9.47. The van der Waals surface area contributed by atoms with Gasteiger partial charge >= 0.3 is 0 Å². The number of hydrogen-bond acceptors (Lipinski definition) is 5. The minimum Gasteiger partial charge on any atom is -0.475 e. The van der Waals surface area contributed by atoms with Gasteiger partial charge in [0, 0.05) is 19.8 Å². The van der Waals surface area contributed by atoms with Gasteiger partial charge in [-0.3, -0.25) is 4.79 Å². The van der Waals surface area contributed by atoms with E-state index in [2.05, 4.69) is 24.1 Å². The molecule has 1 amide bonds. The summed E-state index contributed by atoms with van der Waals surface area (Å²) < 4.78 is 16.0. The molecule has 0 saturated carbocycles. The highest BCUT2D eigenvalue weighted by Gasteiger charge is 2.33. The van der Waals surface area contributed by atoms with Crippen molar-refractivity contribution < 1.29 is 19.0 Å². The van der Waals surface area contributed by atoms with Crippen LogP contribution in [0.5, 0.6) is 5.88 Å². The first kappa shape index (κ1) is 19.4. The number of pyridine rings is 1. The number of nitrogens with one attached hydrogen (secondary N) is 1. The molecule has 0 fully saturated rings. The lowest BCUT2D eigenvalue weighted by atomic mass is 9.93. The SMILES string of the molecule is CCOCCOc1ccc(NC(=O)[C@@](C)(CC(C)C)OC)cn1. The largest absolute Gasteiger partial charge is 0.475 e. The van der Waals surface area contributed by atoms with Gasteiger partial charge in [-0.25, -0.2) is 4.98 Å². The van der Waals surface area contributed by atoms with Gasteiger partial charge in [-0.05, 0) is 32.3 Å². The topological polar surface area (TPSA) is 69.7 Å². The smallest absolute Gasteiger partial charge is 0.256 e. The van der Waals surface area contributed by atoms with Crippen LogP contribution in [-0.2, 0) is 14.3 Å². The van der Waals surface area contributed by atoms with Gasteiger partial charge in [0.05, 0.1) is 18.5 Å². The van der Waals surface area contributed by atoms with Crippen LogP contribution in [0.4, 0.5) is 5.69 Å². The molecular formula is C17H28N2O4. The van der Waals surface area contributed by atoms with Gasteiger partial charge in [0.1, 0.15) is 12.2 Å². The lowest BCUT2D eigenvalue weighted by molar-refractivity contribution is -0.137. The molecular weight excluding hydrogens is 296 g/mol. The summed E-state index contributed by atoms with van der Waals surface area (Å²) in [7, 11) is 1.55. The molecule has 1 heterocycles. The molecule has 0 aliphatic heterocycles. The van der Waals surface area contributed by atoms with E-state index in [4.69, 9.17) is 14.2 Å². The van der Waals surface area contributed by atoms with Crippen molar-refractivity contribution in [2.24, 2.45) is 5.92 Å². The highest BCUT2D eigenvalue weighted by molar-refractivity contribution is 5.96. The Hall–Kier alpha value is -1.66. The first-order valence-electron chi connectivity index (χ1n) is 7.94. The third-order valence-electron chi connectivity index (χ3n) is 3.40. The van der Waals surface area contributed by atoms with Crippen LogP contribution < -0.4 is 10.1 Å². The molecule has 23 heavy (non-hydrogen) atoms. The Labute approximate surface area is 138 Å². The van der Waals surface area contributed by atoms with Crippen molar-refractivity contribution in [3.05, 3.63) is 18.3 Å². The molecule has 0 saturated heterocycles. The Bertz CT molecular complexity index is 476. The van der Waals surface area contributed by atoms with Crippen LogP contribution in [0.25, 0.3) is 0 Å². The van der Waals surface area contributed by atoms with E-state index >= 15 is 0 Å². The first-order chi connectivity index (χ1) is 10.9. The highest BCUT2D eigenvalue weighted by Crippen LogP contribution is 2.22. The fourth-order valence-electron chi connectivity index (χ4n) is 2.20. The van der Waals surface area contributed by atoms with Crippen molar-refractivity contribution in [3.63, 3.8) is 0 Å². The highest BCUT2D eigenvalue weighted by atomic mass is 16.5. The number of anilines is 1. The number of carbonyl (C=O) groups is 1. The molecule has 1 aromatic rings. The zero-order chi connectivity index (χ0) is 17.3. The standard InChI is InChI=1S/C17H28N2O4/c1-6-22-9-10-23-15-8-7-14(12-18-15)19-16(20)17(4,21-5)11-13(2)3/h7-8,12-13H,6,9-11H2,1-5H3,(H,19,20)/t17-/m1/s1. The lowest BCUT2D eigenvalue weighted by Crippen LogP contribution is -2.43. The summed E-state index contributed by atoms with van der Waals surface area (Å²) in [5.41, 5.74) is -0.250. The minimum absolute atomic E-state index is 0.180. The normalized spacial score (nSPS) is 13.7. The van der Waals surface area contributed by atoms with Gasteiger partial charge in [-0.2, -0.15) is 0 Å². The van der Waals surface area contributed by atoms with Crippen molar-refractivity contribution >= 4 is 11.6 Å². The number of ether oxygens (including phenoxy) is 3. The number of hydrogen-bond donors (Lipinski definition) is 1. The Morgan fingerprint density at radius 2 is 2.09 bits per heavy atom. The van der Waals surface area contributed by atoms with Crippen LogP contribution in [0.15, 0.2) is 18.3 Å². The van der Waals surface area contributed by atoms with Crippen molar-refractivity contribution in [1.82, 2.24) is 4.98 Å². The molecule has 0 bridgehead atoms. The number of rotatable bonds is 10. The van der Waals surface area contributed by atoms with Gasteiger partial charge < -0.3 is 19.5 Å². The molecule has 1 N–H and O–H groups in total. The molecule has 0 aliphatic carbocycles. The van der Waals surface area contributed by atoms with E-state index in [1.165, 1.54) is 0 Å². The van der Waals surface area contributed by atoms with Crippen LogP contribution >= 0.6 is 0 Å². The van der Waals surface area contributed by atoms with Crippen LogP contribution in [0.2, 0.25) is 0 Å². The average Bonchev–Trinajstić information content (AvgIpc) is 2.52. The number of nitrogens with zero attached hydrogens (tertiary/aromatic N) is 1. The zero-order valence-electron chi connectivity index (χ0n) is 14.7. The van der Waals surface area contributed by atoms with Crippen LogP contribution in [0.3, 0.4) is 0 Å². The van der Waals surface area contributed by atoms with Gasteiger partial charge in [-0.1, -0.05) is 13.8 Å². The predicted octanol–water partition coefficient (Wildman–Crippen LogP) is 2.89. The summed E-state index contributed by atoms with van der Waals surface area (Å²) in [6, 6.07) is 3.47. The number of methoxy groups -OCH3 is 1. The van der Waals surface area contributed by atoms with Gasteiger partial charge in [0.15, 0.2) is 0 Å². The van der Waals surface area contributed by atoms with E-state index in [9.17, 15) is 4.79 Å². The molecule has 6 heteroatoms. The molecule has 0 aromatic carbocycles. The first-order valence-corrected chi connectivity index (χ1v) is 7.94. The monoisotopic (exact) mass is 324 g/mol. The van der Waals surface area contributed by atoms with Crippen LogP contribution in [0.1, 0.15) is 34.1 Å². The lowest BCUT2D eigenvalue weighted by Gasteiger charge is -2.28. The van der Waals surface area contributed by atoms with Crippen molar-refractivity contribution in [2.75, 3.05) is 32.2 Å². The summed E-state index contributed by atoms with van der Waals surface area (Å²) >= 11 is 0. The van der Waals surface area contributed by atoms with Gasteiger partial charge in [0.2, 0.25) is 5.88 Å². The summed E-state index contributed by atoms with van der Waals surface area (Å²) in [5.74, 6) is 0.671. The fourth-order valence-corrected chi connectivity index (χ4v) is 2.20. The van der Waals surface area contributed by atoms with E-state index in [-0.39, 0.29) is 5.91 Å². The van der Waals surface area contributed by atoms with E-state index in [0.29, 0.717) is 43.7 Å². The molecule has 130 valence electrons. The van der Waals surface area contributed by atoms with E-state index in [1.807, 2.05) is 6.92 Å². The second-order valence-corrected chi connectivity index (χ2v) is 5.92. The Balaban J connectivity index is 2.58. The Morgan fingerprint density at radius 1 is 1.35 bits per heavy atom. The van der Waals surface area contributed by atoms with Gasteiger partial charge in [0.25, 0.3) is 5.91 Å². The maximum Gasteiger partial charge on any atom is 0.256 e. The maximum absolute atomic E-state index is 12.4. The molecule has 6 nitrogen and oxygen atoms in total. The molecule has 0 aliphatic rings. The minimum atomic E-state index is -0.860. The van der Waals surface area contributed by atoms with Crippen molar-refractivity contribution in [2.45, 2.75) is 39.7 Å².